The summed E-state index contributed by atoms with van der Waals surface area (Å²) in [7, 11) is 0. The quantitative estimate of drug-likeness (QED) is 0.442. The van der Waals surface area contributed by atoms with Crippen molar-refractivity contribution in [3.8, 4) is 0 Å². The Kier molecular flexibility index (Phi) is 7.02. The van der Waals surface area contributed by atoms with E-state index in [4.69, 9.17) is 0 Å². The minimum atomic E-state index is -2.00. The second-order valence-electron chi connectivity index (χ2n) is 8.34. The van der Waals surface area contributed by atoms with Crippen LogP contribution in [0.3, 0.4) is 0 Å². The molecule has 1 aliphatic rings. The Morgan fingerprint density at radius 3 is 1.48 bits per heavy atom. The molecule has 1 fully saturated rings. The average Bonchev–Trinajstić information content (AvgIpc) is 2.57. The van der Waals surface area contributed by atoms with Crippen molar-refractivity contribution >= 4 is 23.9 Å². The standard InChI is InChI=1S/C19H30O8/c1-5-11-7-6-10(2)12(8-18(3,14(20)21)15(22)23)13(11)9-19(4,16(24)25)17(26)27/h10-13H,5-9H2,1-4H3,(H,20,21)(H,22,23)(H,24,25)(H,26,27). The summed E-state index contributed by atoms with van der Waals surface area (Å²) in [6.07, 6.45) is 1.94. The van der Waals surface area contributed by atoms with Crippen LogP contribution >= 0.6 is 0 Å². The Hall–Kier alpha value is -2.12. The van der Waals surface area contributed by atoms with E-state index in [1.54, 1.807) is 0 Å². The molecular formula is C19H30O8. The molecule has 0 amide bonds. The summed E-state index contributed by atoms with van der Waals surface area (Å²) in [6.45, 7) is 6.14. The molecular weight excluding hydrogens is 356 g/mol. The molecule has 4 N–H and O–H groups in total. The molecule has 8 nitrogen and oxygen atoms in total. The normalized spacial score (nSPS) is 26.4. The lowest BCUT2D eigenvalue weighted by molar-refractivity contribution is -0.170. The maximum atomic E-state index is 11.7. The van der Waals surface area contributed by atoms with Gasteiger partial charge >= 0.3 is 23.9 Å². The summed E-state index contributed by atoms with van der Waals surface area (Å²) in [5.74, 6) is -6.55. The summed E-state index contributed by atoms with van der Waals surface area (Å²) in [4.78, 5) is 46.6. The van der Waals surface area contributed by atoms with Gasteiger partial charge in [0.2, 0.25) is 0 Å². The van der Waals surface area contributed by atoms with Gasteiger partial charge in [-0.05, 0) is 56.8 Å². The largest absolute Gasteiger partial charge is 0.480 e. The van der Waals surface area contributed by atoms with Gasteiger partial charge in [0.15, 0.2) is 10.8 Å². The molecule has 0 aromatic heterocycles. The van der Waals surface area contributed by atoms with Crippen molar-refractivity contribution in [2.75, 3.05) is 0 Å². The second-order valence-corrected chi connectivity index (χ2v) is 8.34. The van der Waals surface area contributed by atoms with Gasteiger partial charge in [-0.1, -0.05) is 26.7 Å². The third-order valence-electron chi connectivity index (χ3n) is 6.58. The topological polar surface area (TPSA) is 149 Å². The highest BCUT2D eigenvalue weighted by atomic mass is 16.4. The minimum absolute atomic E-state index is 0.0241. The minimum Gasteiger partial charge on any atom is -0.480 e. The molecule has 8 heteroatoms. The Morgan fingerprint density at radius 2 is 1.15 bits per heavy atom. The summed E-state index contributed by atoms with van der Waals surface area (Å²) < 4.78 is 0. The average molecular weight is 386 g/mol. The predicted molar refractivity (Wildman–Crippen MR) is 95.2 cm³/mol. The molecule has 0 aromatic carbocycles. The van der Waals surface area contributed by atoms with Gasteiger partial charge in [-0.3, -0.25) is 19.2 Å². The molecule has 0 aromatic rings. The summed E-state index contributed by atoms with van der Waals surface area (Å²) in [6, 6.07) is 0. The molecule has 4 atom stereocenters. The number of carbonyl (C=O) groups is 4. The molecule has 154 valence electrons. The van der Waals surface area contributed by atoms with E-state index in [2.05, 4.69) is 0 Å². The fraction of sp³-hybridized carbons (Fsp3) is 0.789. The smallest absolute Gasteiger partial charge is 0.320 e. The van der Waals surface area contributed by atoms with E-state index < -0.39 is 34.7 Å². The van der Waals surface area contributed by atoms with Gasteiger partial charge in [0.1, 0.15) is 0 Å². The van der Waals surface area contributed by atoms with E-state index in [0.29, 0.717) is 6.42 Å². The zero-order valence-corrected chi connectivity index (χ0v) is 16.3. The number of carboxylic acid groups (broad SMARTS) is 4. The van der Waals surface area contributed by atoms with Gasteiger partial charge in [-0.2, -0.15) is 0 Å². The first kappa shape index (κ1) is 22.9. The van der Waals surface area contributed by atoms with Gasteiger partial charge < -0.3 is 20.4 Å². The Bertz CT molecular complexity index is 583. The van der Waals surface area contributed by atoms with Crippen LogP contribution in [0.4, 0.5) is 0 Å². The Labute approximate surface area is 158 Å². The van der Waals surface area contributed by atoms with Crippen LogP contribution in [0, 0.1) is 34.5 Å². The predicted octanol–water partition coefficient (Wildman–Crippen LogP) is 2.81. The number of aliphatic carboxylic acids is 4. The molecule has 0 spiro atoms. The lowest BCUT2D eigenvalue weighted by atomic mass is 9.58. The van der Waals surface area contributed by atoms with Crippen molar-refractivity contribution in [3.05, 3.63) is 0 Å². The van der Waals surface area contributed by atoms with E-state index in [9.17, 15) is 39.6 Å². The third-order valence-corrected chi connectivity index (χ3v) is 6.58. The van der Waals surface area contributed by atoms with E-state index in [1.165, 1.54) is 0 Å². The van der Waals surface area contributed by atoms with Crippen molar-refractivity contribution in [3.63, 3.8) is 0 Å². The van der Waals surface area contributed by atoms with Crippen LogP contribution in [-0.4, -0.2) is 44.3 Å². The highest BCUT2D eigenvalue weighted by molar-refractivity contribution is 5.98. The monoisotopic (exact) mass is 386 g/mol. The molecule has 0 heterocycles. The van der Waals surface area contributed by atoms with E-state index in [-0.39, 0.29) is 36.5 Å². The number of carboxylic acids is 4. The summed E-state index contributed by atoms with van der Waals surface area (Å²) in [5.41, 5.74) is -4.01. The Morgan fingerprint density at radius 1 is 0.778 bits per heavy atom. The first-order chi connectivity index (χ1) is 12.3. The van der Waals surface area contributed by atoms with E-state index in [1.807, 2.05) is 13.8 Å². The van der Waals surface area contributed by atoms with Gasteiger partial charge in [-0.15, -0.1) is 0 Å². The molecule has 0 aliphatic heterocycles. The molecule has 1 aliphatic carbocycles. The van der Waals surface area contributed by atoms with Crippen molar-refractivity contribution in [2.45, 2.75) is 59.8 Å². The van der Waals surface area contributed by atoms with Crippen molar-refractivity contribution in [1.82, 2.24) is 0 Å². The van der Waals surface area contributed by atoms with Crippen LogP contribution < -0.4 is 0 Å². The van der Waals surface area contributed by atoms with Crippen LogP contribution in [-0.2, 0) is 19.2 Å². The lowest BCUT2D eigenvalue weighted by Gasteiger charge is -2.45. The van der Waals surface area contributed by atoms with E-state index in [0.717, 1.165) is 26.7 Å². The van der Waals surface area contributed by atoms with Crippen molar-refractivity contribution in [2.24, 2.45) is 34.5 Å². The van der Waals surface area contributed by atoms with Crippen LogP contribution in [0.1, 0.15) is 59.8 Å². The Balaban J connectivity index is 3.35. The fourth-order valence-corrected chi connectivity index (χ4v) is 4.33. The van der Waals surface area contributed by atoms with Gasteiger partial charge in [0.05, 0.1) is 0 Å². The second kappa shape index (κ2) is 8.27. The molecule has 0 radical (unpaired) electrons. The SMILES string of the molecule is CCC1CCC(C)C(CC(C)(C(=O)O)C(=O)O)C1CC(C)(C(=O)O)C(=O)O. The number of hydrogen-bond acceptors (Lipinski definition) is 4. The molecule has 4 unspecified atom stereocenters. The zero-order chi connectivity index (χ0) is 21.2. The van der Waals surface area contributed by atoms with E-state index >= 15 is 0 Å². The number of hydrogen-bond donors (Lipinski definition) is 4. The maximum Gasteiger partial charge on any atom is 0.320 e. The van der Waals surface area contributed by atoms with Gasteiger partial charge in [0, 0.05) is 0 Å². The fourth-order valence-electron chi connectivity index (χ4n) is 4.33. The lowest BCUT2D eigenvalue weighted by Crippen LogP contribution is -2.47. The number of rotatable bonds is 9. The molecule has 1 saturated carbocycles. The first-order valence-electron chi connectivity index (χ1n) is 9.24. The highest BCUT2D eigenvalue weighted by Gasteiger charge is 2.52. The van der Waals surface area contributed by atoms with Crippen molar-refractivity contribution < 1.29 is 39.6 Å². The first-order valence-corrected chi connectivity index (χ1v) is 9.24. The summed E-state index contributed by atoms with van der Waals surface area (Å²) in [5, 5.41) is 37.9. The molecule has 27 heavy (non-hydrogen) atoms. The van der Waals surface area contributed by atoms with Crippen LogP contribution in [0.25, 0.3) is 0 Å². The van der Waals surface area contributed by atoms with Gasteiger partial charge in [0.25, 0.3) is 0 Å². The van der Waals surface area contributed by atoms with Crippen molar-refractivity contribution in [1.29, 1.82) is 0 Å². The van der Waals surface area contributed by atoms with Crippen LogP contribution in [0.5, 0.6) is 0 Å². The third kappa shape index (κ3) is 4.42. The molecule has 0 saturated heterocycles. The maximum absolute atomic E-state index is 11.7. The van der Waals surface area contributed by atoms with Crippen LogP contribution in [0.2, 0.25) is 0 Å². The molecule has 0 bridgehead atoms. The zero-order valence-electron chi connectivity index (χ0n) is 16.3. The molecule has 1 rings (SSSR count). The van der Waals surface area contributed by atoms with Crippen LogP contribution in [0.15, 0.2) is 0 Å². The summed E-state index contributed by atoms with van der Waals surface area (Å²) >= 11 is 0. The highest BCUT2D eigenvalue weighted by Crippen LogP contribution is 2.49. The van der Waals surface area contributed by atoms with Gasteiger partial charge in [-0.25, -0.2) is 0 Å².